The van der Waals surface area contributed by atoms with Gasteiger partial charge in [0.1, 0.15) is 0 Å². The van der Waals surface area contributed by atoms with Crippen LogP contribution in [0.4, 0.5) is 0 Å². The number of carbonyl (C=O) groups excluding carboxylic acids is 1. The fourth-order valence-corrected chi connectivity index (χ4v) is 3.61. The molecule has 9 heteroatoms. The predicted octanol–water partition coefficient (Wildman–Crippen LogP) is 2.60. The molecule has 0 aliphatic carbocycles. The van der Waals surface area contributed by atoms with Crippen LogP contribution in [0, 0.1) is 0 Å². The maximum Gasteiger partial charge on any atom is 0.414 e. The molecule has 0 spiro atoms. The largest absolute Gasteiger partial charge is 0.473 e. The molecular weight excluding hydrogens is 400 g/mol. The van der Waals surface area contributed by atoms with E-state index in [1.807, 2.05) is 28.9 Å². The van der Waals surface area contributed by atoms with Crippen LogP contribution < -0.4 is 5.32 Å². The summed E-state index contributed by atoms with van der Waals surface area (Å²) in [5.74, 6) is -3.70. The van der Waals surface area contributed by atoms with E-state index in [9.17, 15) is 4.79 Å². The maximum absolute atomic E-state index is 12.5. The number of nitrogens with one attached hydrogen (secondary N) is 1. The second-order valence-electron chi connectivity index (χ2n) is 7.56. The number of hydrogen-bond acceptors (Lipinski definition) is 5. The van der Waals surface area contributed by atoms with Gasteiger partial charge in [-0.2, -0.15) is 5.10 Å². The molecule has 2 aromatic rings. The molecular formula is C22H32N4O5. The number of piperidine rings is 1. The quantitative estimate of drug-likeness (QED) is 0.432. The van der Waals surface area contributed by atoms with Gasteiger partial charge in [-0.1, -0.05) is 31.5 Å². The zero-order valence-electron chi connectivity index (χ0n) is 18.0. The maximum atomic E-state index is 12.5. The van der Waals surface area contributed by atoms with E-state index in [0.717, 1.165) is 49.8 Å². The molecule has 31 heavy (non-hydrogen) atoms. The summed E-state index contributed by atoms with van der Waals surface area (Å²) in [5.41, 5.74) is 1.60. The first-order valence-corrected chi connectivity index (χ1v) is 10.9. The number of aromatic nitrogens is 2. The topological polar surface area (TPSA) is 125 Å². The molecule has 1 aliphatic rings. The van der Waals surface area contributed by atoms with E-state index in [1.54, 1.807) is 0 Å². The molecule has 0 radical (unpaired) electrons. The number of hydrogen-bond donors (Lipinski definition) is 3. The minimum atomic E-state index is -1.82. The van der Waals surface area contributed by atoms with Gasteiger partial charge >= 0.3 is 11.9 Å². The van der Waals surface area contributed by atoms with Gasteiger partial charge in [0, 0.05) is 18.5 Å². The van der Waals surface area contributed by atoms with Gasteiger partial charge in [0.25, 0.3) is 5.91 Å². The normalized spacial score (nSPS) is 14.0. The lowest BCUT2D eigenvalue weighted by Crippen LogP contribution is -2.31. The molecule has 1 amide bonds. The Labute approximate surface area is 182 Å². The predicted molar refractivity (Wildman–Crippen MR) is 117 cm³/mol. The highest BCUT2D eigenvalue weighted by molar-refractivity contribution is 6.27. The van der Waals surface area contributed by atoms with Crippen molar-refractivity contribution < 1.29 is 24.6 Å². The molecule has 9 nitrogen and oxygen atoms in total. The van der Waals surface area contributed by atoms with Gasteiger partial charge in [-0.05, 0) is 57.8 Å². The number of unbranched alkanes of at least 4 members (excludes halogenated alkanes) is 1. The van der Waals surface area contributed by atoms with Crippen molar-refractivity contribution >= 4 is 28.7 Å². The lowest BCUT2D eigenvalue weighted by molar-refractivity contribution is -0.159. The van der Waals surface area contributed by atoms with Crippen LogP contribution in [-0.2, 0) is 16.1 Å². The first kappa shape index (κ1) is 24.3. The molecule has 3 rings (SSSR count). The summed E-state index contributed by atoms with van der Waals surface area (Å²) in [6, 6.07) is 7.99. The first-order valence-electron chi connectivity index (χ1n) is 10.9. The molecule has 1 aromatic heterocycles. The van der Waals surface area contributed by atoms with Crippen LogP contribution in [0.5, 0.6) is 0 Å². The van der Waals surface area contributed by atoms with Crippen LogP contribution in [0.3, 0.4) is 0 Å². The molecule has 0 bridgehead atoms. The number of amides is 1. The smallest absolute Gasteiger partial charge is 0.414 e. The summed E-state index contributed by atoms with van der Waals surface area (Å²) in [4.78, 5) is 33.3. The van der Waals surface area contributed by atoms with E-state index >= 15 is 0 Å². The van der Waals surface area contributed by atoms with E-state index < -0.39 is 11.9 Å². The Balaban J connectivity index is 0.000000501. The van der Waals surface area contributed by atoms with Gasteiger partial charge < -0.3 is 20.4 Å². The highest BCUT2D eigenvalue weighted by atomic mass is 16.4. The molecule has 170 valence electrons. The average Bonchev–Trinajstić information content (AvgIpc) is 3.13. The number of aliphatic carboxylic acids is 2. The van der Waals surface area contributed by atoms with Crippen molar-refractivity contribution in [2.24, 2.45) is 0 Å². The Kier molecular flexibility index (Phi) is 9.96. The Morgan fingerprint density at radius 2 is 1.68 bits per heavy atom. The van der Waals surface area contributed by atoms with Gasteiger partial charge in [-0.15, -0.1) is 0 Å². The lowest BCUT2D eigenvalue weighted by atomic mass is 10.1. The molecule has 1 saturated heterocycles. The summed E-state index contributed by atoms with van der Waals surface area (Å²) < 4.78 is 1.95. The van der Waals surface area contributed by atoms with E-state index in [4.69, 9.17) is 19.8 Å². The third-order valence-electron chi connectivity index (χ3n) is 5.13. The van der Waals surface area contributed by atoms with Crippen molar-refractivity contribution in [1.29, 1.82) is 0 Å². The Morgan fingerprint density at radius 3 is 2.32 bits per heavy atom. The van der Waals surface area contributed by atoms with Crippen molar-refractivity contribution in [1.82, 2.24) is 20.0 Å². The summed E-state index contributed by atoms with van der Waals surface area (Å²) in [6.07, 6.45) is 7.23. The van der Waals surface area contributed by atoms with Gasteiger partial charge in [0.2, 0.25) is 0 Å². The molecule has 0 saturated carbocycles. The fourth-order valence-electron chi connectivity index (χ4n) is 3.61. The Morgan fingerprint density at radius 1 is 1.00 bits per heavy atom. The van der Waals surface area contributed by atoms with Crippen molar-refractivity contribution in [3.8, 4) is 0 Å². The molecule has 0 unspecified atom stereocenters. The van der Waals surface area contributed by atoms with E-state index in [0.29, 0.717) is 5.69 Å². The SMILES string of the molecule is CCCn1nc(C(=O)NCCCCN2CCCCC2)c2ccccc21.O=C(O)C(=O)O. The number of likely N-dealkylation sites (tertiary alicyclic amines) is 1. The summed E-state index contributed by atoms with van der Waals surface area (Å²) in [6.45, 7) is 7.33. The minimum absolute atomic E-state index is 0.0518. The lowest BCUT2D eigenvalue weighted by Gasteiger charge is -2.26. The molecule has 1 fully saturated rings. The number of carboxylic acid groups (broad SMARTS) is 2. The number of para-hydroxylation sites is 1. The number of carbonyl (C=O) groups is 3. The Hall–Kier alpha value is -2.94. The van der Waals surface area contributed by atoms with Crippen molar-refractivity contribution in [2.75, 3.05) is 26.2 Å². The fraction of sp³-hybridized carbons (Fsp3) is 0.545. The van der Waals surface area contributed by atoms with Crippen molar-refractivity contribution in [2.45, 2.75) is 52.0 Å². The van der Waals surface area contributed by atoms with Crippen LogP contribution in [0.1, 0.15) is 55.9 Å². The van der Waals surface area contributed by atoms with Gasteiger partial charge in [0.15, 0.2) is 5.69 Å². The van der Waals surface area contributed by atoms with Gasteiger partial charge in [-0.3, -0.25) is 9.48 Å². The van der Waals surface area contributed by atoms with Gasteiger partial charge in [0.05, 0.1) is 5.52 Å². The van der Waals surface area contributed by atoms with E-state index in [2.05, 4.69) is 22.2 Å². The number of carboxylic acids is 2. The highest BCUT2D eigenvalue weighted by Crippen LogP contribution is 2.18. The third kappa shape index (κ3) is 7.67. The molecule has 1 aliphatic heterocycles. The number of fused-ring (bicyclic) bond motifs is 1. The average molecular weight is 433 g/mol. The highest BCUT2D eigenvalue weighted by Gasteiger charge is 2.16. The monoisotopic (exact) mass is 432 g/mol. The third-order valence-corrected chi connectivity index (χ3v) is 5.13. The summed E-state index contributed by atoms with van der Waals surface area (Å²) >= 11 is 0. The van der Waals surface area contributed by atoms with Crippen LogP contribution >= 0.6 is 0 Å². The molecule has 0 atom stereocenters. The molecule has 2 heterocycles. The van der Waals surface area contributed by atoms with E-state index in [1.165, 1.54) is 32.4 Å². The zero-order valence-corrected chi connectivity index (χ0v) is 18.0. The number of rotatable bonds is 8. The van der Waals surface area contributed by atoms with Crippen molar-refractivity contribution in [3.63, 3.8) is 0 Å². The zero-order chi connectivity index (χ0) is 22.6. The standard InChI is InChI=1S/C20H30N4O.C2H2O4/c1-2-13-24-18-11-5-4-10-17(18)19(22-24)20(25)21-12-6-9-16-23-14-7-3-8-15-23;3-1(4)2(5)6/h4-5,10-11H,2-3,6-9,12-16H2,1H3,(H,21,25);(H,3,4)(H,5,6). The van der Waals surface area contributed by atoms with Crippen LogP contribution in [0.25, 0.3) is 10.9 Å². The second-order valence-corrected chi connectivity index (χ2v) is 7.56. The van der Waals surface area contributed by atoms with Crippen LogP contribution in [0.2, 0.25) is 0 Å². The summed E-state index contributed by atoms with van der Waals surface area (Å²) in [7, 11) is 0. The number of aryl methyl sites for hydroxylation is 1. The number of benzene rings is 1. The first-order chi connectivity index (χ1) is 14.9. The van der Waals surface area contributed by atoms with Crippen molar-refractivity contribution in [3.05, 3.63) is 30.0 Å². The second kappa shape index (κ2) is 12.7. The molecule has 1 aromatic carbocycles. The minimum Gasteiger partial charge on any atom is -0.473 e. The van der Waals surface area contributed by atoms with Gasteiger partial charge in [-0.25, -0.2) is 9.59 Å². The Bertz CT molecular complexity index is 862. The van der Waals surface area contributed by atoms with Crippen LogP contribution in [-0.4, -0.2) is 68.9 Å². The molecule has 3 N–H and O–H groups in total. The van der Waals surface area contributed by atoms with Crippen LogP contribution in [0.15, 0.2) is 24.3 Å². The number of nitrogens with zero attached hydrogens (tertiary/aromatic N) is 3. The summed E-state index contributed by atoms with van der Waals surface area (Å²) in [5, 5.41) is 23.3. The van der Waals surface area contributed by atoms with E-state index in [-0.39, 0.29) is 5.91 Å².